The highest BCUT2D eigenvalue weighted by molar-refractivity contribution is 4.89. The minimum absolute atomic E-state index is 0.911. The highest BCUT2D eigenvalue weighted by Gasteiger charge is 2.39. The molecule has 1 rings (SSSR count). The van der Waals surface area contributed by atoms with E-state index in [2.05, 4.69) is 27.7 Å². The van der Waals surface area contributed by atoms with Crippen molar-refractivity contribution >= 4 is 0 Å². The van der Waals surface area contributed by atoms with Crippen LogP contribution in [-0.2, 0) is 0 Å². The first kappa shape index (κ1) is 9.09. The van der Waals surface area contributed by atoms with Gasteiger partial charge in [-0.05, 0) is 36.5 Å². The smallest absolute Gasteiger partial charge is 0.0357 e. The SMILES string of the molecule is CCC(C)C1CC1CC(C)C. The molecule has 1 aliphatic carbocycles. The summed E-state index contributed by atoms with van der Waals surface area (Å²) in [6, 6.07) is 0. The molecule has 0 amide bonds. The Balaban J connectivity index is 2.15. The minimum atomic E-state index is 0.911. The summed E-state index contributed by atoms with van der Waals surface area (Å²) in [5.41, 5.74) is 0. The predicted octanol–water partition coefficient (Wildman–Crippen LogP) is 3.71. The van der Waals surface area contributed by atoms with Gasteiger partial charge in [-0.15, -0.1) is 0 Å². The van der Waals surface area contributed by atoms with Gasteiger partial charge in [-0.1, -0.05) is 34.1 Å². The van der Waals surface area contributed by atoms with Gasteiger partial charge in [0.1, 0.15) is 0 Å². The molecule has 1 saturated carbocycles. The fourth-order valence-corrected chi connectivity index (χ4v) is 2.15. The zero-order valence-electron chi connectivity index (χ0n) is 8.43. The Kier molecular flexibility index (Phi) is 2.98. The zero-order chi connectivity index (χ0) is 8.43. The monoisotopic (exact) mass is 154 g/mol. The normalized spacial score (nSPS) is 32.5. The van der Waals surface area contributed by atoms with Crippen molar-refractivity contribution in [3.8, 4) is 0 Å². The van der Waals surface area contributed by atoms with Crippen LogP contribution in [0.2, 0.25) is 0 Å². The van der Waals surface area contributed by atoms with Crippen LogP contribution in [0.15, 0.2) is 0 Å². The maximum absolute atomic E-state index is 2.41. The molecule has 0 saturated heterocycles. The Morgan fingerprint density at radius 1 is 1.27 bits per heavy atom. The molecule has 0 radical (unpaired) electrons. The molecule has 0 heterocycles. The third kappa shape index (κ3) is 2.50. The summed E-state index contributed by atoms with van der Waals surface area (Å²) in [5, 5.41) is 0. The van der Waals surface area contributed by atoms with Crippen molar-refractivity contribution in [2.24, 2.45) is 23.7 Å². The standard InChI is InChI=1S/C11H22/c1-5-9(4)11-7-10(11)6-8(2)3/h8-11H,5-7H2,1-4H3. The summed E-state index contributed by atoms with van der Waals surface area (Å²) in [6.07, 6.45) is 4.36. The molecule has 0 bridgehead atoms. The van der Waals surface area contributed by atoms with Gasteiger partial charge in [-0.2, -0.15) is 0 Å². The molecule has 0 aromatic carbocycles. The van der Waals surface area contributed by atoms with Crippen LogP contribution < -0.4 is 0 Å². The van der Waals surface area contributed by atoms with Gasteiger partial charge in [0.05, 0.1) is 0 Å². The van der Waals surface area contributed by atoms with E-state index in [1.807, 2.05) is 0 Å². The van der Waals surface area contributed by atoms with Crippen molar-refractivity contribution in [1.29, 1.82) is 0 Å². The van der Waals surface area contributed by atoms with Gasteiger partial charge in [0.2, 0.25) is 0 Å². The van der Waals surface area contributed by atoms with E-state index in [0.717, 1.165) is 23.7 Å². The molecule has 1 fully saturated rings. The molecule has 0 heteroatoms. The van der Waals surface area contributed by atoms with E-state index in [4.69, 9.17) is 0 Å². The van der Waals surface area contributed by atoms with E-state index < -0.39 is 0 Å². The van der Waals surface area contributed by atoms with Crippen LogP contribution in [0, 0.1) is 23.7 Å². The zero-order valence-corrected chi connectivity index (χ0v) is 8.43. The van der Waals surface area contributed by atoms with E-state index in [9.17, 15) is 0 Å². The summed E-state index contributed by atoms with van der Waals surface area (Å²) in [5.74, 6) is 4.07. The molecule has 11 heavy (non-hydrogen) atoms. The Morgan fingerprint density at radius 3 is 2.36 bits per heavy atom. The van der Waals surface area contributed by atoms with E-state index in [-0.39, 0.29) is 0 Å². The van der Waals surface area contributed by atoms with Crippen LogP contribution in [0.5, 0.6) is 0 Å². The van der Waals surface area contributed by atoms with Crippen molar-refractivity contribution in [3.05, 3.63) is 0 Å². The highest BCUT2D eigenvalue weighted by atomic mass is 14.4. The molecule has 3 atom stereocenters. The topological polar surface area (TPSA) is 0 Å². The number of hydrogen-bond donors (Lipinski definition) is 0. The van der Waals surface area contributed by atoms with Gasteiger partial charge >= 0.3 is 0 Å². The second-order valence-electron chi connectivity index (χ2n) is 4.67. The van der Waals surface area contributed by atoms with E-state index in [0.29, 0.717) is 0 Å². The molecular weight excluding hydrogens is 132 g/mol. The summed E-state index contributed by atoms with van der Waals surface area (Å²) in [6.45, 7) is 9.40. The molecule has 1 aliphatic rings. The van der Waals surface area contributed by atoms with Gasteiger partial charge in [-0.3, -0.25) is 0 Å². The molecule has 0 aliphatic heterocycles. The van der Waals surface area contributed by atoms with Crippen molar-refractivity contribution in [2.75, 3.05) is 0 Å². The molecular formula is C11H22. The van der Waals surface area contributed by atoms with E-state index in [1.54, 1.807) is 0 Å². The fraction of sp³-hybridized carbons (Fsp3) is 1.00. The van der Waals surface area contributed by atoms with Gasteiger partial charge in [0.25, 0.3) is 0 Å². The minimum Gasteiger partial charge on any atom is -0.0651 e. The summed E-state index contributed by atoms with van der Waals surface area (Å²) in [7, 11) is 0. The quantitative estimate of drug-likeness (QED) is 0.579. The second kappa shape index (κ2) is 3.60. The van der Waals surface area contributed by atoms with Crippen molar-refractivity contribution < 1.29 is 0 Å². The number of rotatable bonds is 4. The van der Waals surface area contributed by atoms with Gasteiger partial charge < -0.3 is 0 Å². The van der Waals surface area contributed by atoms with Crippen LogP contribution in [-0.4, -0.2) is 0 Å². The number of hydrogen-bond acceptors (Lipinski definition) is 0. The van der Waals surface area contributed by atoms with E-state index in [1.165, 1.54) is 19.3 Å². The van der Waals surface area contributed by atoms with Crippen LogP contribution in [0.25, 0.3) is 0 Å². The lowest BCUT2D eigenvalue weighted by molar-refractivity contribution is 0.425. The molecule has 0 N–H and O–H groups in total. The van der Waals surface area contributed by atoms with Crippen molar-refractivity contribution in [3.63, 3.8) is 0 Å². The van der Waals surface area contributed by atoms with Crippen LogP contribution in [0.1, 0.15) is 47.0 Å². The van der Waals surface area contributed by atoms with Crippen LogP contribution in [0.3, 0.4) is 0 Å². The molecule has 0 nitrogen and oxygen atoms in total. The lowest BCUT2D eigenvalue weighted by Crippen LogP contribution is -1.98. The summed E-state index contributed by atoms with van der Waals surface area (Å²) in [4.78, 5) is 0. The third-order valence-electron chi connectivity index (χ3n) is 3.13. The van der Waals surface area contributed by atoms with Gasteiger partial charge in [0.15, 0.2) is 0 Å². The molecule has 66 valence electrons. The average molecular weight is 154 g/mol. The lowest BCUT2D eigenvalue weighted by atomic mass is 9.98. The largest absolute Gasteiger partial charge is 0.0651 e. The van der Waals surface area contributed by atoms with Gasteiger partial charge in [0, 0.05) is 0 Å². The van der Waals surface area contributed by atoms with Gasteiger partial charge in [-0.25, -0.2) is 0 Å². The van der Waals surface area contributed by atoms with Crippen LogP contribution in [0.4, 0.5) is 0 Å². The predicted molar refractivity (Wildman–Crippen MR) is 50.5 cm³/mol. The Labute approximate surface area is 71.4 Å². The highest BCUT2D eigenvalue weighted by Crippen LogP contribution is 2.48. The first-order valence-corrected chi connectivity index (χ1v) is 5.15. The van der Waals surface area contributed by atoms with E-state index >= 15 is 0 Å². The molecule has 3 unspecified atom stereocenters. The molecule has 0 spiro atoms. The van der Waals surface area contributed by atoms with Crippen molar-refractivity contribution in [2.45, 2.75) is 47.0 Å². The molecule has 0 aromatic heterocycles. The Morgan fingerprint density at radius 2 is 1.91 bits per heavy atom. The maximum Gasteiger partial charge on any atom is -0.0357 e. The lowest BCUT2D eigenvalue weighted by Gasteiger charge is -2.08. The summed E-state index contributed by atoms with van der Waals surface area (Å²) >= 11 is 0. The first-order valence-electron chi connectivity index (χ1n) is 5.15. The van der Waals surface area contributed by atoms with Crippen LogP contribution >= 0.6 is 0 Å². The summed E-state index contributed by atoms with van der Waals surface area (Å²) < 4.78 is 0. The first-order chi connectivity index (χ1) is 5.15. The molecule has 0 aromatic rings. The Bertz CT molecular complexity index is 115. The Hall–Kier alpha value is 0. The third-order valence-corrected chi connectivity index (χ3v) is 3.13. The maximum atomic E-state index is 2.41. The average Bonchev–Trinajstić information content (AvgIpc) is 2.65. The van der Waals surface area contributed by atoms with Crippen molar-refractivity contribution in [1.82, 2.24) is 0 Å². The second-order valence-corrected chi connectivity index (χ2v) is 4.67. The fourth-order valence-electron chi connectivity index (χ4n) is 2.15.